The molecule has 0 aromatic heterocycles. The SMILES string of the molecule is O=C(O)CC(O)(CC(=O)O)C(=O)O.[Bi].[K]. The molecule has 0 spiro atoms. The van der Waals surface area contributed by atoms with Crippen molar-refractivity contribution >= 4 is 95.5 Å². The minimum absolute atomic E-state index is 0. The van der Waals surface area contributed by atoms with Crippen molar-refractivity contribution in [1.29, 1.82) is 0 Å². The van der Waals surface area contributed by atoms with Crippen LogP contribution in [0.15, 0.2) is 0 Å². The first-order valence-corrected chi connectivity index (χ1v) is 3.17. The minimum atomic E-state index is -2.74. The maximum Gasteiger partial charge on any atom is 0.336 e. The smallest absolute Gasteiger partial charge is 0.336 e. The summed E-state index contributed by atoms with van der Waals surface area (Å²) in [5, 5.41) is 33.8. The molecule has 0 aromatic rings. The van der Waals surface area contributed by atoms with Crippen molar-refractivity contribution in [2.75, 3.05) is 0 Å². The van der Waals surface area contributed by atoms with Gasteiger partial charge in [-0.05, 0) is 0 Å². The zero-order valence-corrected chi connectivity index (χ0v) is 14.5. The molecular weight excluding hydrogens is 432 g/mol. The molecule has 0 aliphatic rings. The fraction of sp³-hybridized carbons (Fsp3) is 0.500. The Hall–Kier alpha value is 0.889. The van der Waals surface area contributed by atoms with Crippen LogP contribution in [-0.4, -0.2) is 122 Å². The molecule has 7 nitrogen and oxygen atoms in total. The molecule has 0 unspecified atom stereocenters. The fourth-order valence-electron chi connectivity index (χ4n) is 0.714. The van der Waals surface area contributed by atoms with Gasteiger partial charge in [-0.2, -0.15) is 0 Å². The van der Waals surface area contributed by atoms with Gasteiger partial charge in [0.15, 0.2) is 5.60 Å². The van der Waals surface area contributed by atoms with Crippen molar-refractivity contribution in [2.24, 2.45) is 0 Å². The molecule has 0 aromatic carbocycles. The summed E-state index contributed by atoms with van der Waals surface area (Å²) in [4.78, 5) is 30.5. The van der Waals surface area contributed by atoms with Gasteiger partial charge in [0.2, 0.25) is 0 Å². The van der Waals surface area contributed by atoms with Crippen molar-refractivity contribution in [1.82, 2.24) is 0 Å². The Morgan fingerprint density at radius 3 is 1.33 bits per heavy atom. The second-order valence-electron chi connectivity index (χ2n) is 2.48. The van der Waals surface area contributed by atoms with Gasteiger partial charge in [-0.1, -0.05) is 0 Å². The van der Waals surface area contributed by atoms with Gasteiger partial charge in [-0.15, -0.1) is 0 Å². The normalized spacial score (nSPS) is 9.40. The Morgan fingerprint density at radius 1 is 0.933 bits per heavy atom. The van der Waals surface area contributed by atoms with Crippen molar-refractivity contribution in [2.45, 2.75) is 18.4 Å². The third-order valence-corrected chi connectivity index (χ3v) is 1.29. The summed E-state index contributed by atoms with van der Waals surface area (Å²) in [6.07, 6.45) is -2.29. The van der Waals surface area contributed by atoms with E-state index in [-0.39, 0.29) is 77.6 Å². The van der Waals surface area contributed by atoms with Crippen LogP contribution in [0.25, 0.3) is 0 Å². The molecule has 0 saturated carbocycles. The van der Waals surface area contributed by atoms with E-state index in [9.17, 15) is 14.4 Å². The van der Waals surface area contributed by atoms with E-state index < -0.39 is 36.4 Å². The number of carbonyl (C=O) groups is 3. The molecule has 0 saturated heterocycles. The van der Waals surface area contributed by atoms with Gasteiger partial charge in [0.25, 0.3) is 0 Å². The number of rotatable bonds is 5. The first-order chi connectivity index (χ1) is 5.78. The van der Waals surface area contributed by atoms with Crippen LogP contribution in [0.4, 0.5) is 0 Å². The maximum atomic E-state index is 10.3. The van der Waals surface area contributed by atoms with Crippen molar-refractivity contribution in [3.8, 4) is 0 Å². The number of hydrogen-bond donors (Lipinski definition) is 4. The van der Waals surface area contributed by atoms with Gasteiger partial charge in [0.05, 0.1) is 12.8 Å². The molecule has 0 atom stereocenters. The summed E-state index contributed by atoms with van der Waals surface area (Å²) in [7, 11) is 0. The number of carboxylic acid groups (broad SMARTS) is 3. The summed E-state index contributed by atoms with van der Waals surface area (Å²) < 4.78 is 0. The van der Waals surface area contributed by atoms with Crippen LogP contribution < -0.4 is 0 Å². The predicted molar refractivity (Wildman–Crippen MR) is 48.6 cm³/mol. The number of aliphatic hydroxyl groups is 1. The van der Waals surface area contributed by atoms with E-state index in [0.717, 1.165) is 0 Å². The monoisotopic (exact) mass is 440 g/mol. The molecule has 0 bridgehead atoms. The zero-order valence-electron chi connectivity index (χ0n) is 7.88. The molecular formula is C6H8BiKO7. The first kappa shape index (κ1) is 21.2. The quantitative estimate of drug-likeness (QED) is 0.364. The largest absolute Gasteiger partial charge is 0.481 e. The fourth-order valence-corrected chi connectivity index (χ4v) is 0.714. The van der Waals surface area contributed by atoms with E-state index in [1.54, 1.807) is 0 Å². The predicted octanol–water partition coefficient (Wildman–Crippen LogP) is -2.01. The van der Waals surface area contributed by atoms with Gasteiger partial charge in [0, 0.05) is 77.6 Å². The maximum absolute atomic E-state index is 10.3. The third-order valence-electron chi connectivity index (χ3n) is 1.29. The molecule has 0 aliphatic carbocycles. The van der Waals surface area contributed by atoms with E-state index in [1.807, 2.05) is 0 Å². The van der Waals surface area contributed by atoms with E-state index in [2.05, 4.69) is 0 Å². The molecule has 0 aliphatic heterocycles. The number of carboxylic acids is 3. The molecule has 0 heterocycles. The molecule has 9 heteroatoms. The molecule has 15 heavy (non-hydrogen) atoms. The summed E-state index contributed by atoms with van der Waals surface area (Å²) in [6, 6.07) is 0. The molecule has 0 rings (SSSR count). The second-order valence-corrected chi connectivity index (χ2v) is 2.48. The van der Waals surface area contributed by atoms with Crippen LogP contribution in [0.1, 0.15) is 12.8 Å². The Balaban J connectivity index is -0.000000720. The van der Waals surface area contributed by atoms with Crippen molar-refractivity contribution < 1.29 is 34.8 Å². The topological polar surface area (TPSA) is 132 Å². The van der Waals surface area contributed by atoms with Crippen LogP contribution in [0, 0.1) is 0 Å². The van der Waals surface area contributed by atoms with Crippen molar-refractivity contribution in [3.63, 3.8) is 0 Å². The standard InChI is InChI=1S/C6H8O7.Bi.K/c7-3(8)1-6(13,5(11)12)2-4(9)10;;/h13H,1-2H2,(H,7,8)(H,9,10)(H,11,12);;. The number of aliphatic carboxylic acids is 3. The first-order valence-electron chi connectivity index (χ1n) is 3.17. The summed E-state index contributed by atoms with van der Waals surface area (Å²) in [5.41, 5.74) is -2.74. The zero-order chi connectivity index (χ0) is 10.6. The molecule has 4 N–H and O–H groups in total. The van der Waals surface area contributed by atoms with E-state index >= 15 is 0 Å². The van der Waals surface area contributed by atoms with Gasteiger partial charge >= 0.3 is 17.9 Å². The van der Waals surface area contributed by atoms with Crippen LogP contribution in [-0.2, 0) is 14.4 Å². The third kappa shape index (κ3) is 8.67. The Morgan fingerprint density at radius 2 is 1.20 bits per heavy atom. The van der Waals surface area contributed by atoms with Crippen LogP contribution in [0.2, 0.25) is 0 Å². The van der Waals surface area contributed by atoms with E-state index in [1.165, 1.54) is 0 Å². The van der Waals surface area contributed by atoms with Crippen LogP contribution >= 0.6 is 0 Å². The Kier molecular flexibility index (Phi) is 12.7. The van der Waals surface area contributed by atoms with E-state index in [0.29, 0.717) is 0 Å². The van der Waals surface area contributed by atoms with Gasteiger partial charge < -0.3 is 20.4 Å². The minimum Gasteiger partial charge on any atom is -0.481 e. The summed E-state index contributed by atoms with van der Waals surface area (Å²) in [6.45, 7) is 0. The average molecular weight is 440 g/mol. The number of hydrogen-bond acceptors (Lipinski definition) is 4. The average Bonchev–Trinajstić information content (AvgIpc) is 1.82. The molecule has 0 fully saturated rings. The van der Waals surface area contributed by atoms with Gasteiger partial charge in [-0.3, -0.25) is 9.59 Å². The molecule has 4 radical (unpaired) electrons. The van der Waals surface area contributed by atoms with Gasteiger partial charge in [-0.25, -0.2) is 4.79 Å². The van der Waals surface area contributed by atoms with Gasteiger partial charge in [0.1, 0.15) is 0 Å². The van der Waals surface area contributed by atoms with Crippen LogP contribution in [0.3, 0.4) is 0 Å². The summed E-state index contributed by atoms with van der Waals surface area (Å²) >= 11 is 0. The molecule has 80 valence electrons. The Labute approximate surface area is 146 Å². The van der Waals surface area contributed by atoms with E-state index in [4.69, 9.17) is 20.4 Å². The Bertz CT molecular complexity index is 238. The summed E-state index contributed by atoms with van der Waals surface area (Å²) in [5.74, 6) is -5.02. The second kappa shape index (κ2) is 8.98. The molecule has 0 amide bonds. The van der Waals surface area contributed by atoms with Crippen molar-refractivity contribution in [3.05, 3.63) is 0 Å². The van der Waals surface area contributed by atoms with Crippen LogP contribution in [0.5, 0.6) is 0 Å².